The average molecular weight is 809 g/mol. The van der Waals surface area contributed by atoms with Crippen LogP contribution in [0.4, 0.5) is 0 Å². The van der Waals surface area contributed by atoms with E-state index in [1.54, 1.807) is 11.3 Å². The highest BCUT2D eigenvalue weighted by Crippen LogP contribution is 2.43. The lowest BCUT2D eigenvalue weighted by atomic mass is 9.95. The number of aromatic nitrogens is 4. The van der Waals surface area contributed by atoms with Crippen molar-refractivity contribution in [2.75, 3.05) is 0 Å². The Morgan fingerprint density at radius 1 is 0.323 bits per heavy atom. The highest BCUT2D eigenvalue weighted by atomic mass is 32.1. The Kier molecular flexibility index (Phi) is 8.65. The average Bonchev–Trinajstić information content (AvgIpc) is 3.91. The van der Waals surface area contributed by atoms with Gasteiger partial charge in [-0.1, -0.05) is 170 Å². The number of hydrogen-bond acceptors (Lipinski definition) is 4. The van der Waals surface area contributed by atoms with Gasteiger partial charge >= 0.3 is 0 Å². The van der Waals surface area contributed by atoms with Gasteiger partial charge in [0.2, 0.25) is 0 Å². The number of thiophene rings is 1. The van der Waals surface area contributed by atoms with Gasteiger partial charge < -0.3 is 4.57 Å². The molecule has 12 rings (SSSR count). The molecule has 290 valence electrons. The highest BCUT2D eigenvalue weighted by Gasteiger charge is 2.20. The summed E-state index contributed by atoms with van der Waals surface area (Å²) in [6, 6.07) is 77.6. The number of rotatable bonds is 7. The van der Waals surface area contributed by atoms with E-state index in [1.807, 2.05) is 18.2 Å². The Labute approximate surface area is 362 Å². The zero-order valence-electron chi connectivity index (χ0n) is 33.5. The second kappa shape index (κ2) is 14.9. The van der Waals surface area contributed by atoms with Crippen LogP contribution in [0.5, 0.6) is 0 Å². The van der Waals surface area contributed by atoms with Crippen molar-refractivity contribution in [2.24, 2.45) is 0 Å². The molecule has 0 atom stereocenters. The van der Waals surface area contributed by atoms with Gasteiger partial charge in [0.15, 0.2) is 17.5 Å². The van der Waals surface area contributed by atoms with Crippen LogP contribution in [0.1, 0.15) is 0 Å². The summed E-state index contributed by atoms with van der Waals surface area (Å²) in [6.45, 7) is 0. The number of benzene rings is 9. The molecule has 0 amide bonds. The van der Waals surface area contributed by atoms with E-state index in [0.29, 0.717) is 17.5 Å². The zero-order chi connectivity index (χ0) is 41.0. The van der Waals surface area contributed by atoms with Gasteiger partial charge in [-0.25, -0.2) is 15.0 Å². The predicted molar refractivity (Wildman–Crippen MR) is 260 cm³/mol. The first kappa shape index (κ1) is 35.9. The van der Waals surface area contributed by atoms with Crippen molar-refractivity contribution in [3.05, 3.63) is 218 Å². The molecule has 0 saturated heterocycles. The lowest BCUT2D eigenvalue weighted by molar-refractivity contribution is 1.08. The molecule has 12 aromatic rings. The first-order valence-electron chi connectivity index (χ1n) is 20.8. The summed E-state index contributed by atoms with van der Waals surface area (Å²) in [7, 11) is 0. The smallest absolute Gasteiger partial charge is 0.165 e. The lowest BCUT2D eigenvalue weighted by Gasteiger charge is -2.15. The number of para-hydroxylation sites is 1. The molecule has 0 aliphatic rings. The molecule has 0 aliphatic heterocycles. The Balaban J connectivity index is 1.02. The van der Waals surface area contributed by atoms with Crippen LogP contribution in [0.2, 0.25) is 0 Å². The maximum Gasteiger partial charge on any atom is 0.165 e. The van der Waals surface area contributed by atoms with Gasteiger partial charge in [-0.3, -0.25) is 0 Å². The van der Waals surface area contributed by atoms with Crippen LogP contribution >= 0.6 is 11.3 Å². The second-order valence-electron chi connectivity index (χ2n) is 15.6. The summed E-state index contributed by atoms with van der Waals surface area (Å²) < 4.78 is 4.86. The fourth-order valence-electron chi connectivity index (χ4n) is 8.93. The molecule has 0 bridgehead atoms. The first-order chi connectivity index (χ1) is 30.7. The van der Waals surface area contributed by atoms with Gasteiger partial charge in [-0.2, -0.15) is 0 Å². The molecule has 62 heavy (non-hydrogen) atoms. The Hall–Kier alpha value is -7.99. The van der Waals surface area contributed by atoms with Gasteiger partial charge in [0.25, 0.3) is 0 Å². The lowest BCUT2D eigenvalue weighted by Crippen LogP contribution is -2.00. The van der Waals surface area contributed by atoms with Crippen LogP contribution in [0.25, 0.3) is 115 Å². The van der Waals surface area contributed by atoms with Gasteiger partial charge in [0, 0.05) is 58.9 Å². The molecule has 0 fully saturated rings. The molecule has 0 aliphatic carbocycles. The van der Waals surface area contributed by atoms with Gasteiger partial charge in [-0.15, -0.1) is 11.3 Å². The topological polar surface area (TPSA) is 43.6 Å². The molecule has 0 unspecified atom stereocenters. The third-order valence-electron chi connectivity index (χ3n) is 11.8. The molecular weight excluding hydrogens is 773 g/mol. The van der Waals surface area contributed by atoms with Crippen molar-refractivity contribution in [3.63, 3.8) is 0 Å². The number of hydrogen-bond donors (Lipinski definition) is 0. The predicted octanol–water partition coefficient (Wildman–Crippen LogP) is 15.3. The van der Waals surface area contributed by atoms with Gasteiger partial charge in [-0.05, 0) is 76.3 Å². The van der Waals surface area contributed by atoms with Crippen molar-refractivity contribution in [3.8, 4) is 73.2 Å². The molecule has 0 N–H and O–H groups in total. The van der Waals surface area contributed by atoms with E-state index in [1.165, 1.54) is 58.7 Å². The van der Waals surface area contributed by atoms with Crippen LogP contribution < -0.4 is 0 Å². The standard InChI is InChI=1S/C57H36N4S/c1-4-17-37(18-5-1)43-35-49(38-19-6-2-7-20-38)53-50(36-43)45-27-10-12-31-51(45)61(53)44-26-15-24-41(34-44)40-23-14-25-42(33-40)56-58-55(39-21-8-3-9-22-39)59-57(60-56)48-30-16-29-47-46-28-11-13-32-52(46)62-54(47)48/h1-36H. The molecule has 3 heterocycles. The number of fused-ring (bicyclic) bond motifs is 6. The Morgan fingerprint density at radius 2 is 0.887 bits per heavy atom. The monoisotopic (exact) mass is 808 g/mol. The molecular formula is C57H36N4S. The summed E-state index contributed by atoms with van der Waals surface area (Å²) in [5, 5.41) is 4.90. The molecule has 0 saturated carbocycles. The summed E-state index contributed by atoms with van der Waals surface area (Å²) in [6.07, 6.45) is 0. The van der Waals surface area contributed by atoms with Gasteiger partial charge in [0.05, 0.1) is 11.0 Å². The van der Waals surface area contributed by atoms with E-state index in [4.69, 9.17) is 15.0 Å². The SMILES string of the molecule is c1ccc(-c2cc(-c3ccccc3)c3c(c2)c2ccccc2n3-c2cccc(-c3cccc(-c4nc(-c5ccccc5)nc(-c5cccc6c5sc5ccccc56)n4)c3)c2)cc1. The minimum atomic E-state index is 0.633. The minimum absolute atomic E-state index is 0.633. The van der Waals surface area contributed by atoms with Crippen LogP contribution in [-0.4, -0.2) is 19.5 Å². The van der Waals surface area contributed by atoms with Crippen LogP contribution in [0.15, 0.2) is 218 Å². The molecule has 0 spiro atoms. The van der Waals surface area contributed by atoms with Crippen LogP contribution in [0, 0.1) is 0 Å². The van der Waals surface area contributed by atoms with Crippen molar-refractivity contribution in [1.29, 1.82) is 0 Å². The fourth-order valence-corrected chi connectivity index (χ4v) is 10.1. The normalized spacial score (nSPS) is 11.5. The quantitative estimate of drug-likeness (QED) is 0.161. The fraction of sp³-hybridized carbons (Fsp3) is 0. The van der Waals surface area contributed by atoms with Crippen molar-refractivity contribution in [1.82, 2.24) is 19.5 Å². The van der Waals surface area contributed by atoms with E-state index in [9.17, 15) is 0 Å². The summed E-state index contributed by atoms with van der Waals surface area (Å²) >= 11 is 1.78. The molecule has 3 aromatic heterocycles. The molecule has 0 radical (unpaired) electrons. The maximum absolute atomic E-state index is 5.23. The van der Waals surface area contributed by atoms with Crippen molar-refractivity contribution < 1.29 is 0 Å². The van der Waals surface area contributed by atoms with Gasteiger partial charge in [0.1, 0.15) is 0 Å². The molecule has 4 nitrogen and oxygen atoms in total. The van der Waals surface area contributed by atoms with E-state index in [2.05, 4.69) is 205 Å². The summed E-state index contributed by atoms with van der Waals surface area (Å²) in [5.74, 6) is 1.94. The van der Waals surface area contributed by atoms with E-state index < -0.39 is 0 Å². The third-order valence-corrected chi connectivity index (χ3v) is 13.1. The third kappa shape index (κ3) is 6.18. The van der Waals surface area contributed by atoms with Crippen LogP contribution in [0.3, 0.4) is 0 Å². The Bertz CT molecular complexity index is 3630. The van der Waals surface area contributed by atoms with Crippen LogP contribution in [-0.2, 0) is 0 Å². The van der Waals surface area contributed by atoms with Crippen molar-refractivity contribution >= 4 is 53.3 Å². The van der Waals surface area contributed by atoms with E-state index >= 15 is 0 Å². The zero-order valence-corrected chi connectivity index (χ0v) is 34.3. The molecule has 5 heteroatoms. The second-order valence-corrected chi connectivity index (χ2v) is 16.6. The minimum Gasteiger partial charge on any atom is -0.309 e. The largest absolute Gasteiger partial charge is 0.309 e. The van der Waals surface area contributed by atoms with E-state index in [-0.39, 0.29) is 0 Å². The summed E-state index contributed by atoms with van der Waals surface area (Å²) in [5.41, 5.74) is 13.3. The summed E-state index contributed by atoms with van der Waals surface area (Å²) in [4.78, 5) is 15.5. The molecule has 9 aromatic carbocycles. The van der Waals surface area contributed by atoms with Crippen molar-refractivity contribution in [2.45, 2.75) is 0 Å². The Morgan fingerprint density at radius 3 is 1.68 bits per heavy atom. The van der Waals surface area contributed by atoms with E-state index in [0.717, 1.165) is 39.0 Å². The first-order valence-corrected chi connectivity index (χ1v) is 21.7. The maximum atomic E-state index is 5.23. The highest BCUT2D eigenvalue weighted by molar-refractivity contribution is 7.26. The number of nitrogens with zero attached hydrogens (tertiary/aromatic N) is 4.